The van der Waals surface area contributed by atoms with Crippen molar-refractivity contribution in [2.75, 3.05) is 5.32 Å². The van der Waals surface area contributed by atoms with Crippen molar-refractivity contribution in [3.8, 4) is 0 Å². The van der Waals surface area contributed by atoms with Crippen molar-refractivity contribution < 1.29 is 4.42 Å². The highest BCUT2D eigenvalue weighted by Crippen LogP contribution is 2.27. The van der Waals surface area contributed by atoms with Gasteiger partial charge in [0.05, 0.1) is 5.39 Å². The minimum atomic E-state index is 0.164. The molecule has 0 saturated heterocycles. The molecule has 0 aliphatic carbocycles. The highest BCUT2D eigenvalue weighted by Gasteiger charge is 2.13. The average Bonchev–Trinajstić information content (AvgIpc) is 2.79. The zero-order valence-electron chi connectivity index (χ0n) is 12.8. The third-order valence-electron chi connectivity index (χ3n) is 3.52. The number of fused-ring (bicyclic) bond motifs is 1. The lowest BCUT2D eigenvalue weighted by molar-refractivity contribution is 0.566. The van der Waals surface area contributed by atoms with Crippen molar-refractivity contribution in [1.29, 1.82) is 0 Å². The average molecular weight is 281 g/mol. The minimum absolute atomic E-state index is 0.164. The van der Waals surface area contributed by atoms with Crippen LogP contribution in [-0.4, -0.2) is 9.97 Å². The van der Waals surface area contributed by atoms with Gasteiger partial charge < -0.3 is 9.73 Å². The smallest absolute Gasteiger partial charge is 0.231 e. The van der Waals surface area contributed by atoms with Crippen LogP contribution in [0.25, 0.3) is 11.1 Å². The zero-order chi connectivity index (χ0) is 15.0. The first-order valence-electron chi connectivity index (χ1n) is 7.11. The van der Waals surface area contributed by atoms with Crippen molar-refractivity contribution in [3.63, 3.8) is 0 Å². The molecule has 1 atom stereocenters. The second-order valence-electron chi connectivity index (χ2n) is 5.48. The molecule has 0 aliphatic rings. The Bertz CT molecular complexity index is 792. The van der Waals surface area contributed by atoms with Crippen LogP contribution < -0.4 is 5.32 Å². The van der Waals surface area contributed by atoms with Crippen LogP contribution in [0.1, 0.15) is 35.7 Å². The minimum Gasteiger partial charge on any atom is -0.443 e. The van der Waals surface area contributed by atoms with Gasteiger partial charge in [-0.3, -0.25) is 0 Å². The summed E-state index contributed by atoms with van der Waals surface area (Å²) in [6.07, 6.45) is 0. The summed E-state index contributed by atoms with van der Waals surface area (Å²) in [4.78, 5) is 8.85. The second-order valence-corrected chi connectivity index (χ2v) is 5.48. The van der Waals surface area contributed by atoms with E-state index < -0.39 is 0 Å². The molecule has 1 N–H and O–H groups in total. The molecule has 4 nitrogen and oxygen atoms in total. The summed E-state index contributed by atoms with van der Waals surface area (Å²) in [5.41, 5.74) is 3.13. The van der Waals surface area contributed by atoms with E-state index in [0.717, 1.165) is 17.0 Å². The van der Waals surface area contributed by atoms with Gasteiger partial charge in [-0.1, -0.05) is 29.8 Å². The molecule has 4 heteroatoms. The molecule has 0 radical (unpaired) electrons. The van der Waals surface area contributed by atoms with Crippen molar-refractivity contribution in [2.24, 2.45) is 0 Å². The van der Waals surface area contributed by atoms with Crippen molar-refractivity contribution >= 4 is 16.9 Å². The monoisotopic (exact) mass is 281 g/mol. The Morgan fingerprint density at radius 3 is 2.67 bits per heavy atom. The van der Waals surface area contributed by atoms with Crippen LogP contribution in [0.15, 0.2) is 34.7 Å². The first-order chi connectivity index (χ1) is 10.0. The summed E-state index contributed by atoms with van der Waals surface area (Å²) < 4.78 is 5.60. The summed E-state index contributed by atoms with van der Waals surface area (Å²) in [5.74, 6) is 2.37. The lowest BCUT2D eigenvalue weighted by Gasteiger charge is -2.16. The summed E-state index contributed by atoms with van der Waals surface area (Å²) in [6, 6.07) is 10.6. The van der Waals surface area contributed by atoms with Crippen LogP contribution in [0.4, 0.5) is 5.82 Å². The molecule has 0 saturated carbocycles. The number of aromatic nitrogens is 2. The van der Waals surface area contributed by atoms with Gasteiger partial charge in [0.2, 0.25) is 5.71 Å². The maximum absolute atomic E-state index is 5.60. The van der Waals surface area contributed by atoms with E-state index in [4.69, 9.17) is 4.42 Å². The predicted molar refractivity (Wildman–Crippen MR) is 84.5 cm³/mol. The molecule has 1 aromatic carbocycles. The molecule has 0 fully saturated rings. The van der Waals surface area contributed by atoms with Crippen LogP contribution in [-0.2, 0) is 0 Å². The van der Waals surface area contributed by atoms with Crippen LogP contribution in [0.3, 0.4) is 0 Å². The normalized spacial score (nSPS) is 12.6. The summed E-state index contributed by atoms with van der Waals surface area (Å²) >= 11 is 0. The predicted octanol–water partition coefficient (Wildman–Crippen LogP) is 4.32. The van der Waals surface area contributed by atoms with Gasteiger partial charge in [0.25, 0.3) is 0 Å². The number of hydrogen-bond acceptors (Lipinski definition) is 4. The molecule has 108 valence electrons. The Hall–Kier alpha value is -2.36. The van der Waals surface area contributed by atoms with Crippen LogP contribution in [0, 0.1) is 20.8 Å². The molecule has 0 aliphatic heterocycles. The molecule has 0 unspecified atom stereocenters. The van der Waals surface area contributed by atoms with Crippen molar-refractivity contribution in [1.82, 2.24) is 9.97 Å². The van der Waals surface area contributed by atoms with Gasteiger partial charge in [0, 0.05) is 6.04 Å². The number of rotatable bonds is 3. The fourth-order valence-corrected chi connectivity index (χ4v) is 2.49. The Morgan fingerprint density at radius 1 is 1.10 bits per heavy atom. The van der Waals surface area contributed by atoms with E-state index in [9.17, 15) is 0 Å². The molecule has 0 bridgehead atoms. The number of nitrogens with zero attached hydrogens (tertiary/aromatic N) is 2. The number of anilines is 1. The maximum atomic E-state index is 5.60. The third-order valence-corrected chi connectivity index (χ3v) is 3.52. The van der Waals surface area contributed by atoms with E-state index in [1.807, 2.05) is 19.9 Å². The lowest BCUT2D eigenvalue weighted by Crippen LogP contribution is -2.09. The topological polar surface area (TPSA) is 51.0 Å². The Morgan fingerprint density at radius 2 is 1.90 bits per heavy atom. The molecular formula is C17H19N3O. The Kier molecular flexibility index (Phi) is 3.37. The number of benzene rings is 1. The van der Waals surface area contributed by atoms with Gasteiger partial charge in [-0.15, -0.1) is 0 Å². The van der Waals surface area contributed by atoms with Crippen LogP contribution in [0.2, 0.25) is 0 Å². The maximum Gasteiger partial charge on any atom is 0.231 e. The van der Waals surface area contributed by atoms with Crippen molar-refractivity contribution in [2.45, 2.75) is 33.7 Å². The third kappa shape index (κ3) is 2.75. The molecule has 3 rings (SSSR count). The van der Waals surface area contributed by atoms with E-state index in [2.05, 4.69) is 53.4 Å². The molecule has 2 heterocycles. The standard InChI is InChI=1S/C17H19N3O/c1-10-6-5-7-14(8-10)12(3)18-16-15-9-11(2)21-17(15)20-13(4)19-16/h5-9,12H,1-4H3,(H,18,19,20)/t12-/m0/s1. The first kappa shape index (κ1) is 13.6. The van der Waals surface area contributed by atoms with E-state index in [0.29, 0.717) is 11.5 Å². The SMILES string of the molecule is Cc1cccc([C@H](C)Nc2nc(C)nc3oc(C)cc23)c1. The van der Waals surface area contributed by atoms with Gasteiger partial charge in [0.1, 0.15) is 17.4 Å². The van der Waals surface area contributed by atoms with E-state index in [-0.39, 0.29) is 6.04 Å². The lowest BCUT2D eigenvalue weighted by atomic mass is 10.1. The van der Waals surface area contributed by atoms with Gasteiger partial charge in [0.15, 0.2) is 0 Å². The molecular weight excluding hydrogens is 262 g/mol. The van der Waals surface area contributed by atoms with Crippen LogP contribution >= 0.6 is 0 Å². The highest BCUT2D eigenvalue weighted by molar-refractivity contribution is 5.86. The Labute approximate surface area is 124 Å². The second kappa shape index (κ2) is 5.20. The Balaban J connectivity index is 1.97. The highest BCUT2D eigenvalue weighted by atomic mass is 16.3. The van der Waals surface area contributed by atoms with Gasteiger partial charge in [-0.05, 0) is 39.3 Å². The summed E-state index contributed by atoms with van der Waals surface area (Å²) in [7, 11) is 0. The van der Waals surface area contributed by atoms with Crippen molar-refractivity contribution in [3.05, 3.63) is 53.0 Å². The molecule has 0 amide bonds. The fraction of sp³-hybridized carbons (Fsp3) is 0.294. The number of aryl methyl sites for hydroxylation is 3. The quantitative estimate of drug-likeness (QED) is 0.776. The van der Waals surface area contributed by atoms with Gasteiger partial charge >= 0.3 is 0 Å². The zero-order valence-corrected chi connectivity index (χ0v) is 12.8. The molecule has 2 aromatic heterocycles. The summed E-state index contributed by atoms with van der Waals surface area (Å²) in [6.45, 7) is 8.03. The van der Waals surface area contributed by atoms with E-state index >= 15 is 0 Å². The largest absolute Gasteiger partial charge is 0.443 e. The fourth-order valence-electron chi connectivity index (χ4n) is 2.49. The molecule has 21 heavy (non-hydrogen) atoms. The van der Waals surface area contributed by atoms with E-state index in [1.165, 1.54) is 11.1 Å². The number of furan rings is 1. The first-order valence-corrected chi connectivity index (χ1v) is 7.11. The molecule has 0 spiro atoms. The van der Waals surface area contributed by atoms with Gasteiger partial charge in [-0.25, -0.2) is 4.98 Å². The number of nitrogens with one attached hydrogen (secondary N) is 1. The number of hydrogen-bond donors (Lipinski definition) is 1. The van der Waals surface area contributed by atoms with Gasteiger partial charge in [-0.2, -0.15) is 4.98 Å². The molecule has 3 aromatic rings. The van der Waals surface area contributed by atoms with Crippen LogP contribution in [0.5, 0.6) is 0 Å². The summed E-state index contributed by atoms with van der Waals surface area (Å²) in [5, 5.41) is 4.40. The van der Waals surface area contributed by atoms with E-state index in [1.54, 1.807) is 0 Å².